The zero-order valence-electron chi connectivity index (χ0n) is 15.3. The number of aliphatic carboxylic acids is 1. The van der Waals surface area contributed by atoms with Gasteiger partial charge in [-0.1, -0.05) is 36.1 Å². The summed E-state index contributed by atoms with van der Waals surface area (Å²) in [4.78, 5) is 48.2. The van der Waals surface area contributed by atoms with E-state index in [0.717, 1.165) is 29.8 Å². The topological polar surface area (TPSA) is 133 Å². The highest BCUT2D eigenvalue weighted by atomic mass is 32.2. The molecule has 0 atom stereocenters. The second-order valence-electron chi connectivity index (χ2n) is 5.63. The molecule has 0 bridgehead atoms. The zero-order valence-corrected chi connectivity index (χ0v) is 16.9. The number of ketones is 1. The van der Waals surface area contributed by atoms with E-state index in [1.54, 1.807) is 18.2 Å². The van der Waals surface area contributed by atoms with E-state index in [1.165, 1.54) is 13.2 Å². The molecule has 1 aliphatic heterocycles. The lowest BCUT2D eigenvalue weighted by Crippen LogP contribution is -2.34. The van der Waals surface area contributed by atoms with Crippen LogP contribution in [-0.4, -0.2) is 56.7 Å². The summed E-state index contributed by atoms with van der Waals surface area (Å²) >= 11 is 6.07. The number of carbonyl (C=O) groups excluding carboxylic acids is 3. The molecule has 1 aromatic rings. The van der Waals surface area contributed by atoms with Crippen LogP contribution in [0.1, 0.15) is 12.5 Å². The number of Topliss-reactive ketones (excluding diaryl/α,β-unsaturated/α-hetero) is 1. The number of carbonyl (C=O) groups is 4. The van der Waals surface area contributed by atoms with Crippen molar-refractivity contribution in [1.82, 2.24) is 10.2 Å². The number of hydrogen-bond acceptors (Lipinski definition) is 8. The molecule has 2 amide bonds. The SMILES string of the molecule is COc1cccc(/C=C2\SC(=S)N(C=C(C(C)=O)C(=O)NCC(=O)O)C2=O)c1O. The Labute approximate surface area is 175 Å². The fraction of sp³-hybridized carbons (Fsp3) is 0.167. The van der Waals surface area contributed by atoms with Gasteiger partial charge in [0, 0.05) is 11.8 Å². The minimum Gasteiger partial charge on any atom is -0.504 e. The van der Waals surface area contributed by atoms with Gasteiger partial charge in [-0.25, -0.2) is 0 Å². The molecule has 1 fully saturated rings. The fourth-order valence-electron chi connectivity index (χ4n) is 2.24. The van der Waals surface area contributed by atoms with Gasteiger partial charge in [-0.2, -0.15) is 0 Å². The number of thiocarbonyl (C=S) groups is 1. The third-order valence-corrected chi connectivity index (χ3v) is 4.97. The van der Waals surface area contributed by atoms with E-state index >= 15 is 0 Å². The van der Waals surface area contributed by atoms with Crippen LogP contribution in [0.3, 0.4) is 0 Å². The van der Waals surface area contributed by atoms with Crippen LogP contribution in [0.5, 0.6) is 11.5 Å². The van der Waals surface area contributed by atoms with Gasteiger partial charge in [-0.05, 0) is 19.1 Å². The number of benzene rings is 1. The average Bonchev–Trinajstić information content (AvgIpc) is 2.92. The third-order valence-electron chi connectivity index (χ3n) is 3.64. The number of rotatable bonds is 7. The third kappa shape index (κ3) is 5.21. The molecule has 1 saturated heterocycles. The van der Waals surface area contributed by atoms with E-state index < -0.39 is 35.7 Å². The highest BCUT2D eigenvalue weighted by Crippen LogP contribution is 2.37. The highest BCUT2D eigenvalue weighted by Gasteiger charge is 2.32. The molecule has 1 aliphatic rings. The summed E-state index contributed by atoms with van der Waals surface area (Å²) in [6.45, 7) is 0.421. The monoisotopic (exact) mass is 436 g/mol. The average molecular weight is 436 g/mol. The van der Waals surface area contributed by atoms with Gasteiger partial charge in [0.05, 0.1) is 17.6 Å². The Morgan fingerprint density at radius 3 is 2.62 bits per heavy atom. The Bertz CT molecular complexity index is 969. The lowest BCUT2D eigenvalue weighted by molar-refractivity contribution is -0.137. The van der Waals surface area contributed by atoms with Gasteiger partial charge < -0.3 is 20.3 Å². The van der Waals surface area contributed by atoms with Crippen molar-refractivity contribution in [1.29, 1.82) is 0 Å². The van der Waals surface area contributed by atoms with Crippen LogP contribution in [0.2, 0.25) is 0 Å². The molecule has 3 N–H and O–H groups in total. The molecule has 2 rings (SSSR count). The van der Waals surface area contributed by atoms with Crippen molar-refractivity contribution in [3.8, 4) is 11.5 Å². The van der Waals surface area contributed by atoms with Crippen molar-refractivity contribution in [2.75, 3.05) is 13.7 Å². The van der Waals surface area contributed by atoms with Crippen molar-refractivity contribution in [3.05, 3.63) is 40.4 Å². The number of hydrogen-bond donors (Lipinski definition) is 3. The van der Waals surface area contributed by atoms with Crippen LogP contribution in [0, 0.1) is 0 Å². The maximum atomic E-state index is 12.7. The van der Waals surface area contributed by atoms with Crippen LogP contribution >= 0.6 is 24.0 Å². The number of nitrogens with one attached hydrogen (secondary N) is 1. The van der Waals surface area contributed by atoms with Gasteiger partial charge in [-0.15, -0.1) is 0 Å². The maximum absolute atomic E-state index is 12.7. The summed E-state index contributed by atoms with van der Waals surface area (Å²) in [5, 5.41) is 20.9. The van der Waals surface area contributed by atoms with Gasteiger partial charge in [-0.3, -0.25) is 24.1 Å². The predicted octanol–water partition coefficient (Wildman–Crippen LogP) is 1.28. The molecule has 0 saturated carbocycles. The number of para-hydroxylation sites is 1. The smallest absolute Gasteiger partial charge is 0.322 e. The van der Waals surface area contributed by atoms with E-state index in [1.807, 2.05) is 0 Å². The number of aromatic hydroxyl groups is 1. The van der Waals surface area contributed by atoms with Gasteiger partial charge in [0.1, 0.15) is 6.54 Å². The zero-order chi connectivity index (χ0) is 21.7. The van der Waals surface area contributed by atoms with Gasteiger partial charge in [0.25, 0.3) is 11.8 Å². The minimum absolute atomic E-state index is 0.0634. The Morgan fingerprint density at radius 2 is 2.03 bits per heavy atom. The molecule has 152 valence electrons. The minimum atomic E-state index is -1.28. The first kappa shape index (κ1) is 22.1. The molecule has 0 radical (unpaired) electrons. The van der Waals surface area contributed by atoms with Gasteiger partial charge in [0.2, 0.25) is 0 Å². The van der Waals surface area contributed by atoms with E-state index in [4.69, 9.17) is 22.1 Å². The van der Waals surface area contributed by atoms with Crippen molar-refractivity contribution < 1.29 is 34.1 Å². The van der Waals surface area contributed by atoms with E-state index in [0.29, 0.717) is 5.56 Å². The highest BCUT2D eigenvalue weighted by molar-refractivity contribution is 8.26. The molecule has 29 heavy (non-hydrogen) atoms. The lowest BCUT2D eigenvalue weighted by Gasteiger charge is -2.11. The number of thioether (sulfide) groups is 1. The van der Waals surface area contributed by atoms with Crippen LogP contribution < -0.4 is 10.1 Å². The van der Waals surface area contributed by atoms with Crippen molar-refractivity contribution in [2.24, 2.45) is 0 Å². The second kappa shape index (κ2) is 9.34. The Morgan fingerprint density at radius 1 is 1.34 bits per heavy atom. The number of carboxylic acids is 1. The summed E-state index contributed by atoms with van der Waals surface area (Å²) in [6, 6.07) is 4.75. The number of carboxylic acid groups (broad SMARTS) is 1. The molecule has 1 aromatic carbocycles. The Kier molecular flexibility index (Phi) is 7.13. The van der Waals surface area contributed by atoms with Gasteiger partial charge in [0.15, 0.2) is 21.6 Å². The Hall–Kier alpha value is -3.18. The first-order valence-electron chi connectivity index (χ1n) is 8.01. The summed E-state index contributed by atoms with van der Waals surface area (Å²) in [5.74, 6) is -3.43. The summed E-state index contributed by atoms with van der Waals surface area (Å²) < 4.78 is 5.09. The first-order valence-corrected chi connectivity index (χ1v) is 9.24. The number of nitrogens with zero attached hydrogens (tertiary/aromatic N) is 1. The summed E-state index contributed by atoms with van der Waals surface area (Å²) in [6.07, 6.45) is 2.38. The van der Waals surface area contributed by atoms with Crippen LogP contribution in [-0.2, 0) is 19.2 Å². The molecule has 0 spiro atoms. The Balaban J connectivity index is 2.34. The molecule has 0 aromatic heterocycles. The molecule has 11 heteroatoms. The molecular formula is C18H16N2O7S2. The molecular weight excluding hydrogens is 420 g/mol. The second-order valence-corrected chi connectivity index (χ2v) is 7.30. The first-order chi connectivity index (χ1) is 13.6. The predicted molar refractivity (Wildman–Crippen MR) is 109 cm³/mol. The lowest BCUT2D eigenvalue weighted by atomic mass is 10.1. The number of phenols is 1. The van der Waals surface area contributed by atoms with Crippen LogP contribution in [0.15, 0.2) is 34.9 Å². The van der Waals surface area contributed by atoms with E-state index in [2.05, 4.69) is 5.32 Å². The normalized spacial score (nSPS) is 15.6. The maximum Gasteiger partial charge on any atom is 0.322 e. The number of ether oxygens (including phenoxy) is 1. The van der Waals surface area contributed by atoms with Crippen LogP contribution in [0.4, 0.5) is 0 Å². The molecule has 9 nitrogen and oxygen atoms in total. The van der Waals surface area contributed by atoms with E-state index in [-0.39, 0.29) is 20.7 Å². The van der Waals surface area contributed by atoms with Crippen LogP contribution in [0.25, 0.3) is 6.08 Å². The number of amides is 2. The summed E-state index contributed by atoms with van der Waals surface area (Å²) in [7, 11) is 1.39. The molecule has 0 aliphatic carbocycles. The van der Waals surface area contributed by atoms with Crippen molar-refractivity contribution >= 4 is 57.9 Å². The fourth-order valence-corrected chi connectivity index (χ4v) is 3.44. The number of phenolic OH excluding ortho intramolecular Hbond substituents is 1. The summed E-state index contributed by atoms with van der Waals surface area (Å²) in [5.41, 5.74) is -0.104. The quantitative estimate of drug-likeness (QED) is 0.250. The van der Waals surface area contributed by atoms with Gasteiger partial charge >= 0.3 is 5.97 Å². The van der Waals surface area contributed by atoms with E-state index in [9.17, 15) is 24.3 Å². The molecule has 0 unspecified atom stereocenters. The van der Waals surface area contributed by atoms with Crippen molar-refractivity contribution in [3.63, 3.8) is 0 Å². The largest absolute Gasteiger partial charge is 0.504 e. The van der Waals surface area contributed by atoms with Crippen molar-refractivity contribution in [2.45, 2.75) is 6.92 Å². The standard InChI is InChI=1S/C18H16N2O7S2/c1-9(21)11(16(25)19-7-14(22)23)8-20-17(26)13(29-18(20)28)6-10-4-3-5-12(27-2)15(10)24/h3-6,8,24H,7H2,1-2H3,(H,19,25)(H,22,23)/b11-8?,13-6-. The number of methoxy groups -OCH3 is 1. The molecule has 1 heterocycles.